The van der Waals surface area contributed by atoms with Crippen LogP contribution in [0.15, 0.2) is 71.4 Å². The Hall–Kier alpha value is -5.39. The van der Waals surface area contributed by atoms with Crippen LogP contribution in [0.1, 0.15) is 21.8 Å². The molecule has 272 valence electrons. The number of likely N-dealkylation sites (tertiary alicyclic amines) is 1. The molecule has 2 fully saturated rings. The van der Waals surface area contributed by atoms with Crippen molar-refractivity contribution in [2.24, 2.45) is 11.8 Å². The molecule has 4 aromatic rings. The Morgan fingerprint density at radius 1 is 0.784 bits per heavy atom. The van der Waals surface area contributed by atoms with Gasteiger partial charge in [0, 0.05) is 66.8 Å². The van der Waals surface area contributed by atoms with Crippen molar-refractivity contribution in [1.82, 2.24) is 10.2 Å². The van der Waals surface area contributed by atoms with Crippen LogP contribution in [0.3, 0.4) is 0 Å². The van der Waals surface area contributed by atoms with Crippen LogP contribution in [-0.2, 0) is 14.3 Å². The lowest BCUT2D eigenvalue weighted by Gasteiger charge is -2.38. The highest BCUT2D eigenvalue weighted by atomic mass is 32.1. The number of nitrogens with zero attached hydrogens (tertiary/aromatic N) is 3. The molecule has 0 spiro atoms. The van der Waals surface area contributed by atoms with Gasteiger partial charge in [0.1, 0.15) is 11.4 Å². The first-order chi connectivity index (χ1) is 23.6. The van der Waals surface area contributed by atoms with Crippen LogP contribution in [0.4, 0.5) is 32.3 Å². The maximum absolute atomic E-state index is 12.0. The zero-order valence-corrected chi connectivity index (χ0v) is 27.8. The van der Waals surface area contributed by atoms with Crippen molar-refractivity contribution in [2.75, 3.05) is 50.0 Å². The minimum Gasteiger partial charge on any atom is -0.449 e. The summed E-state index contributed by atoms with van der Waals surface area (Å²) >= 11 is 3.02. The Bertz CT molecular complexity index is 1810. The van der Waals surface area contributed by atoms with Crippen molar-refractivity contribution in [2.45, 2.75) is 21.8 Å². The number of carbonyl (C=O) groups excluding carboxylic acids is 3. The van der Waals surface area contributed by atoms with Crippen LogP contribution in [0.2, 0.25) is 0 Å². The molecule has 2 saturated heterocycles. The molecule has 51 heavy (non-hydrogen) atoms. The van der Waals surface area contributed by atoms with Crippen molar-refractivity contribution < 1.29 is 33.7 Å². The van der Waals surface area contributed by atoms with Gasteiger partial charge in [0.2, 0.25) is 5.91 Å². The summed E-state index contributed by atoms with van der Waals surface area (Å²) in [6.07, 6.45) is -1.43. The molecular formula is C34H40N6O9S2. The Labute approximate surface area is 302 Å². The molecule has 0 saturated carbocycles. The number of nitro groups is 2. The molecule has 4 heterocycles. The molecule has 2 aliphatic heterocycles. The first kappa shape index (κ1) is 40.0. The molecular weight excluding hydrogens is 701 g/mol. The second-order valence-electron chi connectivity index (χ2n) is 11.2. The van der Waals surface area contributed by atoms with E-state index in [9.17, 15) is 34.6 Å². The van der Waals surface area contributed by atoms with Gasteiger partial charge in [0.05, 0.1) is 23.1 Å². The van der Waals surface area contributed by atoms with Gasteiger partial charge >= 0.3 is 12.2 Å². The Kier molecular flexibility index (Phi) is 14.6. The van der Waals surface area contributed by atoms with Gasteiger partial charge in [-0.15, -0.1) is 22.7 Å². The SMILES string of the molecule is C.C.CC(=O)N1CC(COC(=O)Nc2cc(-c3cccs3)ccc2[N+](=O)[O-])C1.O=C(Nc1cc(-c2cccs2)ccc1[N+](=O)[O-])OCC1CNC1. The van der Waals surface area contributed by atoms with Gasteiger partial charge in [0.15, 0.2) is 0 Å². The highest BCUT2D eigenvalue weighted by Crippen LogP contribution is 2.34. The average molecular weight is 741 g/mol. The summed E-state index contributed by atoms with van der Waals surface area (Å²) in [7, 11) is 0. The fourth-order valence-electron chi connectivity index (χ4n) is 4.86. The molecule has 0 radical (unpaired) electrons. The molecule has 0 aliphatic carbocycles. The molecule has 6 rings (SSSR count). The first-order valence-corrected chi connectivity index (χ1v) is 16.8. The van der Waals surface area contributed by atoms with E-state index in [2.05, 4.69) is 16.0 Å². The highest BCUT2D eigenvalue weighted by Gasteiger charge is 2.30. The first-order valence-electron chi connectivity index (χ1n) is 15.1. The van der Waals surface area contributed by atoms with Gasteiger partial charge in [0.25, 0.3) is 11.4 Å². The third-order valence-electron chi connectivity index (χ3n) is 7.64. The molecule has 0 bridgehead atoms. The summed E-state index contributed by atoms with van der Waals surface area (Å²) in [5.74, 6) is 0.400. The van der Waals surface area contributed by atoms with Crippen LogP contribution in [0.5, 0.6) is 0 Å². The van der Waals surface area contributed by atoms with E-state index in [-0.39, 0.29) is 56.0 Å². The number of carbonyl (C=O) groups is 3. The highest BCUT2D eigenvalue weighted by molar-refractivity contribution is 7.13. The number of amides is 3. The maximum Gasteiger partial charge on any atom is 0.411 e. The Morgan fingerprint density at radius 3 is 1.59 bits per heavy atom. The number of rotatable bonds is 10. The number of thiophene rings is 2. The number of benzene rings is 2. The van der Waals surface area contributed by atoms with E-state index in [0.29, 0.717) is 25.6 Å². The van der Waals surface area contributed by atoms with Gasteiger partial charge in [-0.2, -0.15) is 0 Å². The normalized spacial score (nSPS) is 13.4. The number of anilines is 2. The second kappa shape index (κ2) is 18.6. The number of nitro benzene ring substituents is 2. The standard InChI is InChI=1S/C17H17N3O5S.C15H15N3O4S.2CH4/c1-11(21)19-8-12(9-19)10-25-17(22)18-14-7-13(16-3-2-6-26-16)4-5-15(14)20(23)24;19-15(22-9-10-7-16-8-10)17-12-6-11(14-2-1-5-23-14)3-4-13(12)18(20)21;;/h2-7,12H,8-10H2,1H3,(H,18,22);1-6,10,16H,7-9H2,(H,17,19);2*1H4. The lowest BCUT2D eigenvalue weighted by Crippen LogP contribution is -2.51. The second-order valence-corrected chi connectivity index (χ2v) is 13.1. The smallest absolute Gasteiger partial charge is 0.411 e. The average Bonchev–Trinajstić information content (AvgIpc) is 3.75. The Morgan fingerprint density at radius 2 is 1.24 bits per heavy atom. The molecule has 15 nitrogen and oxygen atoms in total. The van der Waals surface area contributed by atoms with Gasteiger partial charge in [-0.05, 0) is 58.3 Å². The quantitative estimate of drug-likeness (QED) is 0.107. The van der Waals surface area contributed by atoms with E-state index >= 15 is 0 Å². The number of hydrogen-bond acceptors (Lipinski definition) is 12. The zero-order valence-electron chi connectivity index (χ0n) is 26.2. The molecule has 3 N–H and O–H groups in total. The summed E-state index contributed by atoms with van der Waals surface area (Å²) < 4.78 is 10.2. The number of ether oxygens (including phenoxy) is 2. The van der Waals surface area contributed by atoms with E-state index in [0.717, 1.165) is 34.0 Å². The van der Waals surface area contributed by atoms with Crippen molar-refractivity contribution in [3.8, 4) is 20.9 Å². The predicted molar refractivity (Wildman–Crippen MR) is 198 cm³/mol. The molecule has 2 aliphatic rings. The van der Waals surface area contributed by atoms with Crippen LogP contribution in [0.25, 0.3) is 20.9 Å². The molecule has 2 aromatic heterocycles. The van der Waals surface area contributed by atoms with Crippen LogP contribution < -0.4 is 16.0 Å². The minimum absolute atomic E-state index is 0. The summed E-state index contributed by atoms with van der Waals surface area (Å²) in [5.41, 5.74) is 1.45. The molecule has 2 aromatic carbocycles. The summed E-state index contributed by atoms with van der Waals surface area (Å²) in [4.78, 5) is 59.8. The van der Waals surface area contributed by atoms with Gasteiger partial charge in [-0.1, -0.05) is 27.0 Å². The van der Waals surface area contributed by atoms with E-state index < -0.39 is 22.0 Å². The monoisotopic (exact) mass is 740 g/mol. The third kappa shape index (κ3) is 10.8. The summed E-state index contributed by atoms with van der Waals surface area (Å²) in [5, 5.41) is 34.2. The molecule has 0 atom stereocenters. The minimum atomic E-state index is -0.752. The number of nitrogens with one attached hydrogen (secondary N) is 3. The fraction of sp³-hybridized carbons (Fsp3) is 0.324. The van der Waals surface area contributed by atoms with E-state index in [4.69, 9.17) is 9.47 Å². The van der Waals surface area contributed by atoms with Crippen molar-refractivity contribution in [1.29, 1.82) is 0 Å². The summed E-state index contributed by atoms with van der Waals surface area (Å²) in [6.45, 7) is 4.70. The van der Waals surface area contributed by atoms with Gasteiger partial charge in [-0.25, -0.2) is 9.59 Å². The Balaban J connectivity index is 0.000000267. The largest absolute Gasteiger partial charge is 0.449 e. The zero-order chi connectivity index (χ0) is 34.9. The van der Waals surface area contributed by atoms with Crippen LogP contribution >= 0.6 is 22.7 Å². The van der Waals surface area contributed by atoms with Crippen LogP contribution in [0, 0.1) is 32.1 Å². The van der Waals surface area contributed by atoms with Gasteiger partial charge < -0.3 is 19.7 Å². The van der Waals surface area contributed by atoms with Crippen molar-refractivity contribution in [3.63, 3.8) is 0 Å². The number of hydrogen-bond donors (Lipinski definition) is 3. The third-order valence-corrected chi connectivity index (χ3v) is 9.48. The van der Waals surface area contributed by atoms with Crippen molar-refractivity contribution >= 4 is 63.5 Å². The van der Waals surface area contributed by atoms with Crippen molar-refractivity contribution in [3.05, 3.63) is 91.7 Å². The fourth-order valence-corrected chi connectivity index (χ4v) is 6.31. The van der Waals surface area contributed by atoms with E-state index in [1.165, 1.54) is 41.7 Å². The van der Waals surface area contributed by atoms with Crippen LogP contribution in [-0.4, -0.2) is 72.2 Å². The topological polar surface area (TPSA) is 195 Å². The molecule has 17 heteroatoms. The van der Waals surface area contributed by atoms with E-state index in [1.807, 2.05) is 35.0 Å². The predicted octanol–water partition coefficient (Wildman–Crippen LogP) is 7.71. The lowest BCUT2D eigenvalue weighted by molar-refractivity contribution is -0.384. The molecule has 0 unspecified atom stereocenters. The molecule has 3 amide bonds. The lowest BCUT2D eigenvalue weighted by atomic mass is 10.0. The van der Waals surface area contributed by atoms with Gasteiger partial charge in [-0.3, -0.25) is 35.7 Å². The summed E-state index contributed by atoms with van der Waals surface area (Å²) in [6, 6.07) is 16.8. The van der Waals surface area contributed by atoms with E-state index in [1.54, 1.807) is 29.2 Å². The maximum atomic E-state index is 12.0.